The molecule has 0 N–H and O–H groups in total. The summed E-state index contributed by atoms with van der Waals surface area (Å²) in [6.07, 6.45) is 9.40. The van der Waals surface area contributed by atoms with Crippen molar-refractivity contribution in [3.63, 3.8) is 0 Å². The largest absolute Gasteiger partial charge is 0.0952 e. The Morgan fingerprint density at radius 2 is 2.17 bits per heavy atom. The van der Waals surface area contributed by atoms with E-state index in [2.05, 4.69) is 32.6 Å². The molecule has 0 radical (unpaired) electrons. The van der Waals surface area contributed by atoms with Gasteiger partial charge in [0.1, 0.15) is 0 Å². The van der Waals surface area contributed by atoms with Crippen LogP contribution in [0.25, 0.3) is 0 Å². The molecule has 0 fully saturated rings. The fourth-order valence-electron chi connectivity index (χ4n) is 1.41. The van der Waals surface area contributed by atoms with Gasteiger partial charge in [-0.05, 0) is 37.3 Å². The first-order chi connectivity index (χ1) is 5.74. The molecule has 12 heavy (non-hydrogen) atoms. The first-order valence-electron chi connectivity index (χ1n) is 4.78. The molecule has 0 saturated heterocycles. The second-order valence-electron chi connectivity index (χ2n) is 3.56. The van der Waals surface area contributed by atoms with Gasteiger partial charge < -0.3 is 0 Å². The zero-order valence-corrected chi connectivity index (χ0v) is 8.19. The van der Waals surface area contributed by atoms with E-state index in [1.54, 1.807) is 5.57 Å². The molecule has 0 aromatic carbocycles. The minimum absolute atomic E-state index is 1.10. The Morgan fingerprint density at radius 1 is 1.42 bits per heavy atom. The molecule has 0 aliphatic heterocycles. The molecule has 1 rings (SSSR count). The molecule has 0 amide bonds. The molecule has 0 bridgehead atoms. The number of rotatable bonds is 3. The molecule has 0 saturated carbocycles. The van der Waals surface area contributed by atoms with E-state index in [0.717, 1.165) is 6.42 Å². The van der Waals surface area contributed by atoms with Gasteiger partial charge in [0.05, 0.1) is 0 Å². The maximum absolute atomic E-state index is 4.04. The van der Waals surface area contributed by atoms with Crippen LogP contribution in [-0.2, 0) is 0 Å². The fraction of sp³-hybridized carbons (Fsp3) is 0.500. The van der Waals surface area contributed by atoms with Crippen molar-refractivity contribution in [2.75, 3.05) is 0 Å². The normalized spacial score (nSPS) is 17.3. The van der Waals surface area contributed by atoms with Crippen molar-refractivity contribution >= 4 is 0 Å². The van der Waals surface area contributed by atoms with Crippen molar-refractivity contribution in [1.82, 2.24) is 0 Å². The number of hydrogen-bond donors (Lipinski definition) is 0. The van der Waals surface area contributed by atoms with Crippen molar-refractivity contribution in [1.29, 1.82) is 0 Å². The standard InChI is InChI=1S/C12H18/c1-4-5-6-12-8-7-10(2)11(3)9-12/h7-8H,3-6,9H2,1-2H3. The van der Waals surface area contributed by atoms with E-state index in [9.17, 15) is 0 Å². The van der Waals surface area contributed by atoms with Gasteiger partial charge in [-0.2, -0.15) is 0 Å². The van der Waals surface area contributed by atoms with Crippen LogP contribution in [-0.4, -0.2) is 0 Å². The van der Waals surface area contributed by atoms with Crippen molar-refractivity contribution in [3.05, 3.63) is 35.5 Å². The van der Waals surface area contributed by atoms with Gasteiger partial charge in [0, 0.05) is 0 Å². The predicted octanol–water partition coefficient (Wildman–Crippen LogP) is 4.01. The number of allylic oxidation sites excluding steroid dienone is 5. The topological polar surface area (TPSA) is 0 Å². The predicted molar refractivity (Wildman–Crippen MR) is 55.1 cm³/mol. The molecule has 1 aliphatic carbocycles. The third-order valence-electron chi connectivity index (χ3n) is 2.42. The van der Waals surface area contributed by atoms with Gasteiger partial charge in [0.2, 0.25) is 0 Å². The van der Waals surface area contributed by atoms with E-state index in [1.165, 1.54) is 30.4 Å². The summed E-state index contributed by atoms with van der Waals surface area (Å²) >= 11 is 0. The molecular formula is C12H18. The quantitative estimate of drug-likeness (QED) is 0.588. The Bertz CT molecular complexity index is 228. The van der Waals surface area contributed by atoms with Gasteiger partial charge in [-0.1, -0.05) is 37.6 Å². The van der Waals surface area contributed by atoms with E-state index in [0.29, 0.717) is 0 Å². The zero-order valence-electron chi connectivity index (χ0n) is 8.19. The SMILES string of the molecule is C=C1CC(CCCC)=CC=C1C. The lowest BCUT2D eigenvalue weighted by molar-refractivity contribution is 0.769. The fourth-order valence-corrected chi connectivity index (χ4v) is 1.41. The molecule has 0 unspecified atom stereocenters. The third-order valence-corrected chi connectivity index (χ3v) is 2.42. The molecule has 0 heteroatoms. The molecule has 0 aromatic rings. The lowest BCUT2D eigenvalue weighted by atomic mass is 9.92. The third kappa shape index (κ3) is 2.37. The minimum atomic E-state index is 1.10. The Kier molecular flexibility index (Phi) is 3.33. The Balaban J connectivity index is 2.52. The van der Waals surface area contributed by atoms with Crippen LogP contribution in [0.3, 0.4) is 0 Å². The number of unbranched alkanes of at least 4 members (excludes halogenated alkanes) is 1. The summed E-state index contributed by atoms with van der Waals surface area (Å²) in [5.41, 5.74) is 4.19. The Hall–Kier alpha value is -0.780. The van der Waals surface area contributed by atoms with Crippen molar-refractivity contribution in [2.45, 2.75) is 39.5 Å². The average Bonchev–Trinajstić information content (AvgIpc) is 2.07. The second kappa shape index (κ2) is 4.30. The lowest BCUT2D eigenvalue weighted by Gasteiger charge is -2.14. The van der Waals surface area contributed by atoms with E-state index < -0.39 is 0 Å². The molecule has 0 atom stereocenters. The summed E-state index contributed by atoms with van der Waals surface area (Å²) in [7, 11) is 0. The van der Waals surface area contributed by atoms with Crippen LogP contribution in [0, 0.1) is 0 Å². The minimum Gasteiger partial charge on any atom is -0.0952 e. The zero-order chi connectivity index (χ0) is 8.97. The van der Waals surface area contributed by atoms with Crippen LogP contribution >= 0.6 is 0 Å². The Labute approximate surface area is 75.7 Å². The molecule has 0 heterocycles. The van der Waals surface area contributed by atoms with Crippen LogP contribution in [0.15, 0.2) is 35.5 Å². The van der Waals surface area contributed by atoms with Crippen molar-refractivity contribution in [3.8, 4) is 0 Å². The smallest absolute Gasteiger partial charge is 0.00672 e. The Morgan fingerprint density at radius 3 is 2.75 bits per heavy atom. The molecule has 1 aliphatic rings. The van der Waals surface area contributed by atoms with Gasteiger partial charge in [0.15, 0.2) is 0 Å². The molecule has 0 aromatic heterocycles. The maximum Gasteiger partial charge on any atom is -0.00672 e. The summed E-state index contributed by atoms with van der Waals surface area (Å²) in [6, 6.07) is 0. The van der Waals surface area contributed by atoms with Gasteiger partial charge in [-0.15, -0.1) is 0 Å². The second-order valence-corrected chi connectivity index (χ2v) is 3.56. The number of hydrogen-bond acceptors (Lipinski definition) is 0. The highest BCUT2D eigenvalue weighted by atomic mass is 14.1. The van der Waals surface area contributed by atoms with Gasteiger partial charge >= 0.3 is 0 Å². The molecular weight excluding hydrogens is 144 g/mol. The lowest BCUT2D eigenvalue weighted by Crippen LogP contribution is -1.94. The monoisotopic (exact) mass is 162 g/mol. The average molecular weight is 162 g/mol. The van der Waals surface area contributed by atoms with Crippen LogP contribution in [0.1, 0.15) is 39.5 Å². The van der Waals surface area contributed by atoms with Crippen molar-refractivity contribution < 1.29 is 0 Å². The molecule has 0 nitrogen and oxygen atoms in total. The first kappa shape index (κ1) is 9.31. The van der Waals surface area contributed by atoms with E-state index in [4.69, 9.17) is 0 Å². The van der Waals surface area contributed by atoms with E-state index in [1.807, 2.05) is 0 Å². The molecule has 0 spiro atoms. The van der Waals surface area contributed by atoms with Crippen LogP contribution in [0.2, 0.25) is 0 Å². The van der Waals surface area contributed by atoms with Crippen LogP contribution in [0.5, 0.6) is 0 Å². The van der Waals surface area contributed by atoms with Crippen LogP contribution < -0.4 is 0 Å². The van der Waals surface area contributed by atoms with Gasteiger partial charge in [0.25, 0.3) is 0 Å². The summed E-state index contributed by atoms with van der Waals surface area (Å²) < 4.78 is 0. The first-order valence-corrected chi connectivity index (χ1v) is 4.78. The highest BCUT2D eigenvalue weighted by molar-refractivity contribution is 5.39. The molecule has 66 valence electrons. The van der Waals surface area contributed by atoms with Crippen molar-refractivity contribution in [2.24, 2.45) is 0 Å². The van der Waals surface area contributed by atoms with E-state index >= 15 is 0 Å². The van der Waals surface area contributed by atoms with Gasteiger partial charge in [-0.25, -0.2) is 0 Å². The summed E-state index contributed by atoms with van der Waals surface area (Å²) in [5, 5.41) is 0. The highest BCUT2D eigenvalue weighted by Gasteiger charge is 2.05. The van der Waals surface area contributed by atoms with Gasteiger partial charge in [-0.3, -0.25) is 0 Å². The summed E-state index contributed by atoms with van der Waals surface area (Å²) in [5.74, 6) is 0. The van der Waals surface area contributed by atoms with Crippen LogP contribution in [0.4, 0.5) is 0 Å². The van der Waals surface area contributed by atoms with E-state index in [-0.39, 0.29) is 0 Å². The maximum atomic E-state index is 4.04. The highest BCUT2D eigenvalue weighted by Crippen LogP contribution is 2.25. The summed E-state index contributed by atoms with van der Waals surface area (Å²) in [6.45, 7) is 8.41. The summed E-state index contributed by atoms with van der Waals surface area (Å²) in [4.78, 5) is 0.